The van der Waals surface area contributed by atoms with E-state index in [0.717, 1.165) is 18.7 Å². The van der Waals surface area contributed by atoms with Crippen LogP contribution in [-0.4, -0.2) is 37.3 Å². The molecule has 0 unspecified atom stereocenters. The monoisotopic (exact) mass is 379 g/mol. The van der Waals surface area contributed by atoms with Gasteiger partial charge in [0.1, 0.15) is 18.1 Å². The molecule has 0 saturated heterocycles. The van der Waals surface area contributed by atoms with E-state index in [1.807, 2.05) is 12.1 Å². The van der Waals surface area contributed by atoms with Gasteiger partial charge >= 0.3 is 0 Å². The second-order valence-electron chi connectivity index (χ2n) is 7.96. The first-order valence-electron chi connectivity index (χ1n) is 10.5. The maximum atomic E-state index is 9.74. The Labute approximate surface area is 169 Å². The Hall–Kier alpha value is -2.26. The number of likely N-dealkylation sites (N-methyl/N-ethyl adjacent to an activating group) is 1. The Bertz CT molecular complexity index is 769. The molecule has 0 spiro atoms. The van der Waals surface area contributed by atoms with Gasteiger partial charge < -0.3 is 14.7 Å². The van der Waals surface area contributed by atoms with Crippen LogP contribution in [0.25, 0.3) is 5.57 Å². The first kappa shape index (κ1) is 20.5. The summed E-state index contributed by atoms with van der Waals surface area (Å²) in [6, 6.07) is 16.2. The molecule has 3 rings (SSSR count). The minimum atomic E-state index is 0.312. The number of phenols is 1. The van der Waals surface area contributed by atoms with Crippen LogP contribution >= 0.6 is 0 Å². The normalized spacial score (nSPS) is 15.7. The molecular weight excluding hydrogens is 346 g/mol. The molecule has 0 aromatic heterocycles. The van der Waals surface area contributed by atoms with Crippen molar-refractivity contribution in [2.24, 2.45) is 5.92 Å². The van der Waals surface area contributed by atoms with Crippen molar-refractivity contribution < 1.29 is 9.84 Å². The molecule has 1 N–H and O–H groups in total. The van der Waals surface area contributed by atoms with Crippen molar-refractivity contribution in [3.63, 3.8) is 0 Å². The lowest BCUT2D eigenvalue weighted by molar-refractivity contribution is 0.261. The van der Waals surface area contributed by atoms with Gasteiger partial charge in [0.05, 0.1) is 0 Å². The highest BCUT2D eigenvalue weighted by Gasteiger charge is 2.22. The summed E-state index contributed by atoms with van der Waals surface area (Å²) in [6.45, 7) is 3.87. The van der Waals surface area contributed by atoms with Crippen molar-refractivity contribution in [1.82, 2.24) is 4.90 Å². The van der Waals surface area contributed by atoms with E-state index in [1.165, 1.54) is 42.4 Å². The largest absolute Gasteiger partial charge is 0.508 e. The van der Waals surface area contributed by atoms with E-state index in [1.54, 1.807) is 17.7 Å². The number of hydrogen-bond donors (Lipinski definition) is 1. The molecule has 0 atom stereocenters. The average Bonchev–Trinajstić information content (AvgIpc) is 3.22. The average molecular weight is 380 g/mol. The highest BCUT2D eigenvalue weighted by Crippen LogP contribution is 2.40. The van der Waals surface area contributed by atoms with E-state index in [0.29, 0.717) is 18.3 Å². The van der Waals surface area contributed by atoms with Gasteiger partial charge in [-0.1, -0.05) is 49.6 Å². The Morgan fingerprint density at radius 3 is 2.07 bits per heavy atom. The van der Waals surface area contributed by atoms with Crippen LogP contribution < -0.4 is 4.74 Å². The molecular formula is C25H33NO2. The molecule has 1 saturated carbocycles. The van der Waals surface area contributed by atoms with Crippen LogP contribution in [0.1, 0.15) is 50.2 Å². The quantitative estimate of drug-likeness (QED) is 0.635. The van der Waals surface area contributed by atoms with E-state index in [4.69, 9.17) is 4.74 Å². The Morgan fingerprint density at radius 2 is 1.54 bits per heavy atom. The number of benzene rings is 2. The summed E-state index contributed by atoms with van der Waals surface area (Å²) in [4.78, 5) is 2.12. The zero-order chi connectivity index (χ0) is 19.9. The fraction of sp³-hybridized carbons (Fsp3) is 0.440. The highest BCUT2D eigenvalue weighted by atomic mass is 16.5. The summed E-state index contributed by atoms with van der Waals surface area (Å²) in [5.41, 5.74) is 5.29. The minimum Gasteiger partial charge on any atom is -0.508 e. The van der Waals surface area contributed by atoms with Gasteiger partial charge in [-0.2, -0.15) is 0 Å². The van der Waals surface area contributed by atoms with Gasteiger partial charge in [0.25, 0.3) is 0 Å². The molecule has 1 aliphatic rings. The van der Waals surface area contributed by atoms with Gasteiger partial charge in [0, 0.05) is 6.54 Å². The van der Waals surface area contributed by atoms with Crippen molar-refractivity contribution in [2.75, 3.05) is 27.2 Å². The number of allylic oxidation sites excluding steroid dienone is 1. The predicted octanol–water partition coefficient (Wildman–Crippen LogP) is 5.73. The summed E-state index contributed by atoms with van der Waals surface area (Å²) in [5.74, 6) is 1.89. The Balaban J connectivity index is 1.93. The van der Waals surface area contributed by atoms with Crippen molar-refractivity contribution in [2.45, 2.75) is 39.0 Å². The van der Waals surface area contributed by atoms with Crippen molar-refractivity contribution >= 4 is 5.57 Å². The molecule has 1 aliphatic carbocycles. The van der Waals surface area contributed by atoms with E-state index < -0.39 is 0 Å². The van der Waals surface area contributed by atoms with E-state index in [2.05, 4.69) is 50.2 Å². The predicted molar refractivity (Wildman–Crippen MR) is 117 cm³/mol. The molecule has 150 valence electrons. The number of aromatic hydroxyl groups is 1. The Kier molecular flexibility index (Phi) is 7.16. The van der Waals surface area contributed by atoms with Gasteiger partial charge in [0.15, 0.2) is 0 Å². The lowest BCUT2D eigenvalue weighted by atomic mass is 9.84. The van der Waals surface area contributed by atoms with E-state index in [-0.39, 0.29) is 0 Å². The smallest absolute Gasteiger partial charge is 0.119 e. The molecule has 1 fully saturated rings. The molecule has 0 bridgehead atoms. The third-order valence-corrected chi connectivity index (χ3v) is 5.66. The van der Waals surface area contributed by atoms with E-state index in [9.17, 15) is 5.11 Å². The summed E-state index contributed by atoms with van der Waals surface area (Å²) < 4.78 is 5.87. The van der Waals surface area contributed by atoms with Gasteiger partial charge in [-0.05, 0) is 80.2 Å². The van der Waals surface area contributed by atoms with Gasteiger partial charge in [-0.15, -0.1) is 0 Å². The first-order valence-corrected chi connectivity index (χ1v) is 10.5. The maximum Gasteiger partial charge on any atom is 0.119 e. The van der Waals surface area contributed by atoms with Gasteiger partial charge in [-0.25, -0.2) is 0 Å². The highest BCUT2D eigenvalue weighted by molar-refractivity contribution is 5.82. The van der Waals surface area contributed by atoms with Crippen LogP contribution in [0, 0.1) is 5.92 Å². The van der Waals surface area contributed by atoms with Crippen LogP contribution in [0.5, 0.6) is 11.5 Å². The summed E-state index contributed by atoms with van der Waals surface area (Å²) in [6.07, 6.45) is 6.29. The number of ether oxygens (including phenoxy) is 1. The molecule has 0 heterocycles. The van der Waals surface area contributed by atoms with Crippen LogP contribution in [0.4, 0.5) is 0 Å². The van der Waals surface area contributed by atoms with Crippen LogP contribution in [0.2, 0.25) is 0 Å². The topological polar surface area (TPSA) is 32.7 Å². The molecule has 0 amide bonds. The number of nitrogens with zero attached hydrogens (tertiary/aromatic N) is 1. The minimum absolute atomic E-state index is 0.312. The van der Waals surface area contributed by atoms with Gasteiger partial charge in [0.2, 0.25) is 0 Å². The fourth-order valence-corrected chi connectivity index (χ4v) is 4.17. The summed E-state index contributed by atoms with van der Waals surface area (Å²) in [5, 5.41) is 9.74. The van der Waals surface area contributed by atoms with Crippen LogP contribution in [-0.2, 0) is 0 Å². The zero-order valence-electron chi connectivity index (χ0n) is 17.4. The first-order chi connectivity index (χ1) is 13.6. The van der Waals surface area contributed by atoms with Gasteiger partial charge in [-0.3, -0.25) is 0 Å². The second kappa shape index (κ2) is 9.79. The SMILES string of the molecule is CCC(=C(c1ccc(O)cc1)c1ccc(OCCN(C)C)cc1)C1CCCC1. The maximum absolute atomic E-state index is 9.74. The number of rotatable bonds is 8. The molecule has 0 radical (unpaired) electrons. The molecule has 3 nitrogen and oxygen atoms in total. The van der Waals surface area contributed by atoms with Crippen molar-refractivity contribution in [3.8, 4) is 11.5 Å². The molecule has 2 aromatic rings. The number of phenolic OH excluding ortho intramolecular Hbond substituents is 1. The lowest BCUT2D eigenvalue weighted by Gasteiger charge is -2.21. The third kappa shape index (κ3) is 5.17. The fourth-order valence-electron chi connectivity index (χ4n) is 4.17. The standard InChI is InChI=1S/C25H33NO2/c1-4-24(19-7-5-6-8-19)25(20-9-13-22(27)14-10-20)21-11-15-23(16-12-21)28-18-17-26(2)3/h9-16,19,27H,4-8,17-18H2,1-3H3. The molecule has 3 heteroatoms. The van der Waals surface area contributed by atoms with E-state index >= 15 is 0 Å². The van der Waals surface area contributed by atoms with Crippen molar-refractivity contribution in [3.05, 3.63) is 65.2 Å². The molecule has 28 heavy (non-hydrogen) atoms. The van der Waals surface area contributed by atoms with Crippen molar-refractivity contribution in [1.29, 1.82) is 0 Å². The van der Waals surface area contributed by atoms with Crippen LogP contribution in [0.15, 0.2) is 54.1 Å². The zero-order valence-corrected chi connectivity index (χ0v) is 17.4. The second-order valence-corrected chi connectivity index (χ2v) is 7.96. The lowest BCUT2D eigenvalue weighted by Crippen LogP contribution is -2.19. The molecule has 0 aliphatic heterocycles. The Morgan fingerprint density at radius 1 is 0.964 bits per heavy atom. The number of hydrogen-bond acceptors (Lipinski definition) is 3. The third-order valence-electron chi connectivity index (χ3n) is 5.66. The molecule has 2 aromatic carbocycles. The summed E-state index contributed by atoms with van der Waals surface area (Å²) in [7, 11) is 4.10. The van der Waals surface area contributed by atoms with Crippen LogP contribution in [0.3, 0.4) is 0 Å². The summed E-state index contributed by atoms with van der Waals surface area (Å²) >= 11 is 0.